The number of esters is 1. The lowest BCUT2D eigenvalue weighted by Gasteiger charge is -2.22. The van der Waals surface area contributed by atoms with Crippen LogP contribution in [-0.2, 0) is 9.53 Å². The summed E-state index contributed by atoms with van der Waals surface area (Å²) < 4.78 is 6.43. The Morgan fingerprint density at radius 2 is 2.29 bits per heavy atom. The largest absolute Gasteiger partial charge is 0.459 e. The van der Waals surface area contributed by atoms with Gasteiger partial charge in [0.25, 0.3) is 0 Å². The minimum Gasteiger partial charge on any atom is -0.459 e. The lowest BCUT2D eigenvalue weighted by atomic mass is 10.2. The number of thioether (sulfide) groups is 2. The maximum Gasteiger partial charge on any atom is 0.320 e. The van der Waals surface area contributed by atoms with Crippen molar-refractivity contribution in [1.29, 1.82) is 0 Å². The molecular formula is C12H21NO2S2. The highest BCUT2D eigenvalue weighted by molar-refractivity contribution is 8.39. The van der Waals surface area contributed by atoms with Crippen LogP contribution >= 0.6 is 23.5 Å². The van der Waals surface area contributed by atoms with Gasteiger partial charge in [-0.3, -0.25) is 9.79 Å². The molecule has 17 heavy (non-hydrogen) atoms. The van der Waals surface area contributed by atoms with E-state index in [2.05, 4.69) is 11.9 Å². The van der Waals surface area contributed by atoms with Gasteiger partial charge < -0.3 is 4.74 Å². The van der Waals surface area contributed by atoms with Crippen LogP contribution in [0.5, 0.6) is 0 Å². The monoisotopic (exact) mass is 275 g/mol. The van der Waals surface area contributed by atoms with E-state index in [4.69, 9.17) is 4.74 Å². The number of hydrogen-bond donors (Lipinski definition) is 0. The standard InChI is InChI=1S/C12H21NO2S2/c1-6-9(10(14)15-12(3,4)5)17-11-13-8(2)7-16-11/h8-9H,6-7H2,1-5H3. The van der Waals surface area contributed by atoms with Crippen LogP contribution in [0, 0.1) is 0 Å². The van der Waals surface area contributed by atoms with Crippen molar-refractivity contribution >= 4 is 33.9 Å². The molecule has 0 N–H and O–H groups in total. The molecule has 0 aromatic rings. The smallest absolute Gasteiger partial charge is 0.320 e. The van der Waals surface area contributed by atoms with E-state index in [9.17, 15) is 4.79 Å². The van der Waals surface area contributed by atoms with Crippen molar-refractivity contribution < 1.29 is 9.53 Å². The second-order valence-corrected chi connectivity index (χ2v) is 7.56. The van der Waals surface area contributed by atoms with E-state index in [1.807, 2.05) is 27.7 Å². The maximum absolute atomic E-state index is 12.0. The fraction of sp³-hybridized carbons (Fsp3) is 0.833. The molecule has 1 rings (SSSR count). The van der Waals surface area contributed by atoms with Crippen LogP contribution in [0.2, 0.25) is 0 Å². The van der Waals surface area contributed by atoms with Crippen LogP contribution < -0.4 is 0 Å². The molecule has 0 saturated heterocycles. The van der Waals surface area contributed by atoms with Gasteiger partial charge in [0.1, 0.15) is 15.2 Å². The highest BCUT2D eigenvalue weighted by Gasteiger charge is 2.27. The van der Waals surface area contributed by atoms with Crippen molar-refractivity contribution in [1.82, 2.24) is 0 Å². The third kappa shape index (κ3) is 5.34. The van der Waals surface area contributed by atoms with Gasteiger partial charge in [-0.05, 0) is 34.1 Å². The normalized spacial score (nSPS) is 22.2. The molecule has 1 aliphatic heterocycles. The van der Waals surface area contributed by atoms with Crippen molar-refractivity contribution in [3.05, 3.63) is 0 Å². The number of nitrogens with zero attached hydrogens (tertiary/aromatic N) is 1. The first-order valence-electron chi connectivity index (χ1n) is 5.92. The molecule has 0 aromatic heterocycles. The lowest BCUT2D eigenvalue weighted by molar-refractivity contribution is -0.154. The highest BCUT2D eigenvalue weighted by atomic mass is 32.2. The average Bonchev–Trinajstić information content (AvgIpc) is 2.57. The van der Waals surface area contributed by atoms with E-state index in [0.717, 1.165) is 16.5 Å². The number of carbonyl (C=O) groups excluding carboxylic acids is 1. The van der Waals surface area contributed by atoms with Crippen LogP contribution in [0.1, 0.15) is 41.0 Å². The summed E-state index contributed by atoms with van der Waals surface area (Å²) in [5.74, 6) is 0.889. The molecule has 0 bridgehead atoms. The van der Waals surface area contributed by atoms with Gasteiger partial charge in [-0.1, -0.05) is 30.4 Å². The molecule has 2 unspecified atom stereocenters. The second-order valence-electron chi connectivity index (χ2n) is 5.10. The van der Waals surface area contributed by atoms with Crippen LogP contribution in [-0.4, -0.2) is 33.0 Å². The Morgan fingerprint density at radius 1 is 1.65 bits per heavy atom. The fourth-order valence-electron chi connectivity index (χ4n) is 1.30. The molecule has 5 heteroatoms. The Labute approximate surface area is 112 Å². The summed E-state index contributed by atoms with van der Waals surface area (Å²) in [6.45, 7) is 9.78. The molecule has 0 radical (unpaired) electrons. The molecule has 0 aliphatic carbocycles. The summed E-state index contributed by atoms with van der Waals surface area (Å²) in [7, 11) is 0. The summed E-state index contributed by atoms with van der Waals surface area (Å²) in [6, 6.07) is 0.374. The van der Waals surface area contributed by atoms with Crippen molar-refractivity contribution in [3.63, 3.8) is 0 Å². The molecule has 1 heterocycles. The van der Waals surface area contributed by atoms with E-state index in [1.54, 1.807) is 23.5 Å². The van der Waals surface area contributed by atoms with Gasteiger partial charge in [0.2, 0.25) is 0 Å². The Balaban J connectivity index is 2.54. The lowest BCUT2D eigenvalue weighted by Crippen LogP contribution is -2.30. The summed E-state index contributed by atoms with van der Waals surface area (Å²) in [4.78, 5) is 16.4. The molecule has 1 aliphatic rings. The van der Waals surface area contributed by atoms with Gasteiger partial charge in [-0.15, -0.1) is 0 Å². The Morgan fingerprint density at radius 3 is 2.71 bits per heavy atom. The third-order valence-electron chi connectivity index (χ3n) is 2.06. The van der Waals surface area contributed by atoms with Crippen LogP contribution in [0.3, 0.4) is 0 Å². The number of aliphatic imine (C=N–C) groups is 1. The summed E-state index contributed by atoms with van der Waals surface area (Å²) in [5, 5.41) is -0.134. The van der Waals surface area contributed by atoms with E-state index in [0.29, 0.717) is 6.04 Å². The van der Waals surface area contributed by atoms with Crippen molar-refractivity contribution in [3.8, 4) is 0 Å². The number of hydrogen-bond acceptors (Lipinski definition) is 5. The first-order chi connectivity index (χ1) is 7.81. The Hall–Kier alpha value is -0.160. The van der Waals surface area contributed by atoms with E-state index < -0.39 is 5.60 Å². The van der Waals surface area contributed by atoms with E-state index >= 15 is 0 Å². The molecule has 2 atom stereocenters. The second kappa shape index (κ2) is 6.14. The fourth-order valence-corrected chi connectivity index (χ4v) is 3.63. The van der Waals surface area contributed by atoms with Gasteiger partial charge in [-0.2, -0.15) is 0 Å². The average molecular weight is 275 g/mol. The minimum absolute atomic E-state index is 0.132. The predicted octanol–water partition coefficient (Wildman–Crippen LogP) is 3.33. The van der Waals surface area contributed by atoms with Gasteiger partial charge >= 0.3 is 5.97 Å². The van der Waals surface area contributed by atoms with Crippen LogP contribution in [0.25, 0.3) is 0 Å². The zero-order valence-electron chi connectivity index (χ0n) is 11.1. The quantitative estimate of drug-likeness (QED) is 0.741. The first kappa shape index (κ1) is 14.9. The molecule has 0 aromatic carbocycles. The first-order valence-corrected chi connectivity index (χ1v) is 7.78. The number of rotatable bonds is 3. The number of carbonyl (C=O) groups is 1. The molecule has 0 fully saturated rings. The molecular weight excluding hydrogens is 254 g/mol. The zero-order chi connectivity index (χ0) is 13.1. The summed E-state index contributed by atoms with van der Waals surface area (Å²) in [5.41, 5.74) is -0.414. The molecule has 0 saturated carbocycles. The zero-order valence-corrected chi connectivity index (χ0v) is 12.8. The molecule has 98 valence electrons. The summed E-state index contributed by atoms with van der Waals surface area (Å²) in [6.07, 6.45) is 0.771. The van der Waals surface area contributed by atoms with E-state index in [-0.39, 0.29) is 11.2 Å². The van der Waals surface area contributed by atoms with E-state index in [1.165, 1.54) is 0 Å². The highest BCUT2D eigenvalue weighted by Crippen LogP contribution is 2.31. The molecule has 3 nitrogen and oxygen atoms in total. The molecule has 0 amide bonds. The Kier molecular flexibility index (Phi) is 5.38. The molecule has 0 spiro atoms. The summed E-state index contributed by atoms with van der Waals surface area (Å²) >= 11 is 3.28. The van der Waals surface area contributed by atoms with Gasteiger partial charge in [0.15, 0.2) is 0 Å². The van der Waals surface area contributed by atoms with Crippen LogP contribution in [0.4, 0.5) is 0 Å². The van der Waals surface area contributed by atoms with Crippen molar-refractivity contribution in [2.45, 2.75) is 57.9 Å². The number of ether oxygens (including phenoxy) is 1. The van der Waals surface area contributed by atoms with Gasteiger partial charge in [0.05, 0.1) is 6.04 Å². The van der Waals surface area contributed by atoms with Gasteiger partial charge in [-0.25, -0.2) is 0 Å². The predicted molar refractivity (Wildman–Crippen MR) is 76.9 cm³/mol. The minimum atomic E-state index is -0.414. The Bertz CT molecular complexity index is 310. The van der Waals surface area contributed by atoms with Crippen molar-refractivity contribution in [2.24, 2.45) is 4.99 Å². The maximum atomic E-state index is 12.0. The SMILES string of the molecule is CCC(SC1=NC(C)CS1)C(=O)OC(C)(C)C. The topological polar surface area (TPSA) is 38.7 Å². The van der Waals surface area contributed by atoms with Crippen LogP contribution in [0.15, 0.2) is 4.99 Å². The van der Waals surface area contributed by atoms with Gasteiger partial charge in [0, 0.05) is 5.75 Å². The third-order valence-corrected chi connectivity index (χ3v) is 4.82. The van der Waals surface area contributed by atoms with Crippen molar-refractivity contribution in [2.75, 3.05) is 5.75 Å².